The fourth-order valence-electron chi connectivity index (χ4n) is 2.73. The van der Waals surface area contributed by atoms with E-state index in [1.807, 2.05) is 24.4 Å². The Morgan fingerprint density at radius 2 is 2.42 bits per heavy atom. The lowest BCUT2D eigenvalue weighted by Gasteiger charge is -2.22. The minimum Gasteiger partial charge on any atom is -0.456 e. The predicted octanol–water partition coefficient (Wildman–Crippen LogP) is 2.15. The number of rotatable bonds is 1. The molecule has 6 heteroatoms. The molecule has 1 atom stereocenters. The Bertz CT molecular complexity index is 700. The van der Waals surface area contributed by atoms with Crippen molar-refractivity contribution in [1.29, 1.82) is 0 Å². The van der Waals surface area contributed by atoms with E-state index in [0.717, 1.165) is 33.2 Å². The second-order valence-corrected chi connectivity index (χ2v) is 5.63. The molecule has 2 N–H and O–H groups in total. The van der Waals surface area contributed by atoms with Gasteiger partial charge in [-0.2, -0.15) is 5.10 Å². The summed E-state index contributed by atoms with van der Waals surface area (Å²) in [7, 11) is 0. The maximum Gasteiger partial charge on any atom is 0.337 e. The van der Waals surface area contributed by atoms with Crippen LogP contribution in [-0.4, -0.2) is 22.8 Å². The van der Waals surface area contributed by atoms with Crippen LogP contribution in [0.25, 0.3) is 0 Å². The Hall–Kier alpha value is -2.08. The summed E-state index contributed by atoms with van der Waals surface area (Å²) >= 11 is 1.64. The van der Waals surface area contributed by atoms with E-state index in [2.05, 4.69) is 15.5 Å². The zero-order chi connectivity index (χ0) is 13.0. The number of esters is 1. The Morgan fingerprint density at radius 3 is 3.21 bits per heavy atom. The lowest BCUT2D eigenvalue weighted by Crippen LogP contribution is -2.19. The monoisotopic (exact) mass is 273 g/mol. The van der Waals surface area contributed by atoms with Crippen LogP contribution >= 0.6 is 11.3 Å². The van der Waals surface area contributed by atoms with Crippen molar-refractivity contribution >= 4 is 23.1 Å². The average Bonchev–Trinajstić information content (AvgIpc) is 3.10. The number of ether oxygens (including phenoxy) is 1. The van der Waals surface area contributed by atoms with Crippen molar-refractivity contribution < 1.29 is 9.53 Å². The first-order valence-corrected chi connectivity index (χ1v) is 6.89. The van der Waals surface area contributed by atoms with E-state index < -0.39 is 0 Å². The van der Waals surface area contributed by atoms with E-state index in [9.17, 15) is 4.79 Å². The lowest BCUT2D eigenvalue weighted by molar-refractivity contribution is -0.136. The van der Waals surface area contributed by atoms with Crippen LogP contribution in [0.2, 0.25) is 0 Å². The van der Waals surface area contributed by atoms with Crippen molar-refractivity contribution in [3.63, 3.8) is 0 Å². The number of nitrogens with one attached hydrogen (secondary N) is 2. The van der Waals surface area contributed by atoms with Crippen LogP contribution in [0.15, 0.2) is 28.8 Å². The first-order valence-electron chi connectivity index (χ1n) is 6.01. The van der Waals surface area contributed by atoms with Crippen LogP contribution in [0.4, 0.5) is 5.82 Å². The van der Waals surface area contributed by atoms with Gasteiger partial charge in [0.05, 0.1) is 17.2 Å². The molecule has 5 nitrogen and oxygen atoms in total. The molecule has 0 radical (unpaired) electrons. The highest BCUT2D eigenvalue weighted by atomic mass is 32.1. The molecular weight excluding hydrogens is 262 g/mol. The number of fused-ring (bicyclic) bond motifs is 1. The zero-order valence-corrected chi connectivity index (χ0v) is 11.0. The summed E-state index contributed by atoms with van der Waals surface area (Å²) in [6.45, 7) is 2.28. The van der Waals surface area contributed by atoms with E-state index in [4.69, 9.17) is 4.74 Å². The normalized spacial score (nSPS) is 20.9. The predicted molar refractivity (Wildman–Crippen MR) is 71.1 cm³/mol. The molecule has 96 valence electrons. The van der Waals surface area contributed by atoms with Crippen LogP contribution in [0.3, 0.4) is 0 Å². The van der Waals surface area contributed by atoms with E-state index in [-0.39, 0.29) is 11.9 Å². The van der Waals surface area contributed by atoms with E-state index >= 15 is 0 Å². The third-order valence-electron chi connectivity index (χ3n) is 3.56. The maximum absolute atomic E-state index is 12.0. The van der Waals surface area contributed by atoms with Crippen LogP contribution < -0.4 is 5.32 Å². The SMILES string of the molecule is Cc1[nH]nc2c1[C@@H](c1cccs1)C1=C(COC1=O)N2. The molecule has 2 aliphatic rings. The van der Waals surface area contributed by atoms with Crippen LogP contribution in [0.5, 0.6) is 0 Å². The van der Waals surface area contributed by atoms with Gasteiger partial charge in [-0.3, -0.25) is 5.10 Å². The maximum atomic E-state index is 12.0. The van der Waals surface area contributed by atoms with Gasteiger partial charge in [-0.1, -0.05) is 6.07 Å². The van der Waals surface area contributed by atoms with Gasteiger partial charge in [0, 0.05) is 16.1 Å². The van der Waals surface area contributed by atoms with Gasteiger partial charge in [0.15, 0.2) is 5.82 Å². The van der Waals surface area contributed by atoms with E-state index in [1.165, 1.54) is 0 Å². The first kappa shape index (κ1) is 10.8. The largest absolute Gasteiger partial charge is 0.456 e. The van der Waals surface area contributed by atoms with E-state index in [1.54, 1.807) is 11.3 Å². The number of thiophene rings is 1. The minimum absolute atomic E-state index is 0.0694. The highest BCUT2D eigenvalue weighted by Gasteiger charge is 2.40. The fraction of sp³-hybridized carbons (Fsp3) is 0.231. The summed E-state index contributed by atoms with van der Waals surface area (Å²) in [5.74, 6) is 0.500. The lowest BCUT2D eigenvalue weighted by atomic mass is 9.86. The number of H-pyrrole nitrogens is 1. The third-order valence-corrected chi connectivity index (χ3v) is 4.50. The summed E-state index contributed by atoms with van der Waals surface area (Å²) in [6, 6.07) is 4.05. The number of anilines is 1. The van der Waals surface area contributed by atoms with Gasteiger partial charge >= 0.3 is 5.97 Å². The number of carbonyl (C=O) groups is 1. The number of aromatic amines is 1. The molecular formula is C13H11N3O2S. The second kappa shape index (κ2) is 3.71. The van der Waals surface area contributed by atoms with Crippen LogP contribution in [-0.2, 0) is 9.53 Å². The molecule has 0 amide bonds. The van der Waals surface area contributed by atoms with Crippen molar-refractivity contribution in [2.45, 2.75) is 12.8 Å². The van der Waals surface area contributed by atoms with Gasteiger partial charge in [-0.25, -0.2) is 4.79 Å². The van der Waals surface area contributed by atoms with Gasteiger partial charge < -0.3 is 10.1 Å². The van der Waals surface area contributed by atoms with E-state index in [0.29, 0.717) is 6.61 Å². The number of nitrogens with zero attached hydrogens (tertiary/aromatic N) is 1. The van der Waals surface area contributed by atoms with Gasteiger partial charge in [0.1, 0.15) is 6.61 Å². The van der Waals surface area contributed by atoms with Crippen molar-refractivity contribution in [3.05, 3.63) is 44.9 Å². The number of aryl methyl sites for hydroxylation is 1. The van der Waals surface area contributed by atoms with Crippen molar-refractivity contribution in [1.82, 2.24) is 10.2 Å². The number of aromatic nitrogens is 2. The number of cyclic esters (lactones) is 1. The molecule has 2 aromatic rings. The molecule has 0 fully saturated rings. The Labute approximate surface area is 113 Å². The van der Waals surface area contributed by atoms with Gasteiger partial charge in [0.25, 0.3) is 0 Å². The van der Waals surface area contributed by atoms with Gasteiger partial charge in [0.2, 0.25) is 0 Å². The molecule has 4 heterocycles. The molecule has 19 heavy (non-hydrogen) atoms. The summed E-state index contributed by atoms with van der Waals surface area (Å²) in [4.78, 5) is 13.1. The Balaban J connectivity index is 1.97. The fourth-order valence-corrected chi connectivity index (χ4v) is 3.57. The topological polar surface area (TPSA) is 67.0 Å². The summed E-state index contributed by atoms with van der Waals surface area (Å²) in [6.07, 6.45) is 0. The molecule has 2 aliphatic heterocycles. The number of carbonyl (C=O) groups excluding carboxylic acids is 1. The summed E-state index contributed by atoms with van der Waals surface area (Å²) in [5, 5.41) is 12.5. The zero-order valence-electron chi connectivity index (χ0n) is 10.2. The highest BCUT2D eigenvalue weighted by Crippen LogP contribution is 2.45. The average molecular weight is 273 g/mol. The third kappa shape index (κ3) is 1.40. The molecule has 0 saturated carbocycles. The molecule has 0 bridgehead atoms. The molecule has 0 spiro atoms. The van der Waals surface area contributed by atoms with Gasteiger partial charge in [-0.15, -0.1) is 11.3 Å². The molecule has 2 aromatic heterocycles. The highest BCUT2D eigenvalue weighted by molar-refractivity contribution is 7.10. The van der Waals surface area contributed by atoms with Crippen molar-refractivity contribution in [2.24, 2.45) is 0 Å². The molecule has 0 unspecified atom stereocenters. The second-order valence-electron chi connectivity index (χ2n) is 4.65. The molecule has 0 saturated heterocycles. The quantitative estimate of drug-likeness (QED) is 0.781. The van der Waals surface area contributed by atoms with Crippen molar-refractivity contribution in [2.75, 3.05) is 11.9 Å². The molecule has 0 aliphatic carbocycles. The molecule has 0 aromatic carbocycles. The smallest absolute Gasteiger partial charge is 0.337 e. The summed E-state index contributed by atoms with van der Waals surface area (Å²) < 4.78 is 5.16. The standard InChI is InChI=1S/C13H11N3O2S/c1-6-9-11(8-3-2-4-19-8)10-7(5-18-13(10)17)14-12(9)16-15-6/h2-4,11H,5H2,1H3,(H2,14,15,16)/t11-/m1/s1. The number of hydrogen-bond acceptors (Lipinski definition) is 5. The van der Waals surface area contributed by atoms with Gasteiger partial charge in [-0.05, 0) is 18.4 Å². The first-order chi connectivity index (χ1) is 9.25. The Kier molecular flexibility index (Phi) is 2.11. The van der Waals surface area contributed by atoms with Crippen molar-refractivity contribution in [3.8, 4) is 0 Å². The molecule has 4 rings (SSSR count). The Morgan fingerprint density at radius 1 is 1.53 bits per heavy atom. The summed E-state index contributed by atoms with van der Waals surface area (Å²) in [5.41, 5.74) is 3.58. The van der Waals surface area contributed by atoms with Crippen LogP contribution in [0, 0.1) is 6.92 Å². The van der Waals surface area contributed by atoms with Crippen LogP contribution in [0.1, 0.15) is 22.1 Å². The number of hydrogen-bond donors (Lipinski definition) is 2. The minimum atomic E-state index is -0.229.